The van der Waals surface area contributed by atoms with E-state index in [1.54, 1.807) is 0 Å². The standard InChI is InChI=1S/C33H33F6N3O.ClH/c34-32(35,36)25-10-6-23(7-11-25)30(24-8-12-26(13-9-24)33(37,38)39)16-14-27(15-17-30)41-20-18-31(19-21-41)29(43)40-22-42(31)28-4-2-1-3-5-28;/h1-13,27H,14-22H2,(H,40,43);1H. The molecule has 0 bridgehead atoms. The summed E-state index contributed by atoms with van der Waals surface area (Å²) in [7, 11) is 0. The lowest BCUT2D eigenvalue weighted by Crippen LogP contribution is -2.58. The molecule has 1 N–H and O–H groups in total. The Morgan fingerprint density at radius 1 is 0.682 bits per heavy atom. The molecule has 236 valence electrons. The average molecular weight is 638 g/mol. The second-order valence-electron chi connectivity index (χ2n) is 12.0. The first-order chi connectivity index (χ1) is 20.4. The van der Waals surface area contributed by atoms with Gasteiger partial charge in [-0.15, -0.1) is 12.4 Å². The average Bonchev–Trinajstić information content (AvgIpc) is 3.32. The van der Waals surface area contributed by atoms with Gasteiger partial charge in [-0.2, -0.15) is 26.3 Å². The Kier molecular flexibility index (Phi) is 8.72. The maximum atomic E-state index is 13.3. The number of benzene rings is 3. The normalized spacial score (nSPS) is 20.8. The van der Waals surface area contributed by atoms with E-state index < -0.39 is 34.4 Å². The summed E-state index contributed by atoms with van der Waals surface area (Å²) in [4.78, 5) is 17.6. The second kappa shape index (κ2) is 11.9. The van der Waals surface area contributed by atoms with Crippen LogP contribution in [0.4, 0.5) is 32.0 Å². The summed E-state index contributed by atoms with van der Waals surface area (Å²) in [6.45, 7) is 1.93. The van der Waals surface area contributed by atoms with Crippen molar-refractivity contribution < 1.29 is 31.1 Å². The maximum Gasteiger partial charge on any atom is 0.416 e. The van der Waals surface area contributed by atoms with Crippen molar-refractivity contribution in [3.05, 3.63) is 101 Å². The van der Waals surface area contributed by atoms with Crippen molar-refractivity contribution >= 4 is 24.0 Å². The van der Waals surface area contributed by atoms with Crippen LogP contribution in [0, 0.1) is 0 Å². The third-order valence-corrected chi connectivity index (χ3v) is 9.88. The van der Waals surface area contributed by atoms with E-state index in [-0.39, 0.29) is 24.4 Å². The van der Waals surface area contributed by atoms with Crippen molar-refractivity contribution in [1.82, 2.24) is 10.2 Å². The molecule has 3 fully saturated rings. The molecule has 44 heavy (non-hydrogen) atoms. The Morgan fingerprint density at radius 2 is 1.16 bits per heavy atom. The molecule has 3 aromatic rings. The molecule has 2 heterocycles. The van der Waals surface area contributed by atoms with Gasteiger partial charge in [-0.25, -0.2) is 0 Å². The summed E-state index contributed by atoms with van der Waals surface area (Å²) in [5, 5.41) is 3.02. The van der Waals surface area contributed by atoms with Crippen LogP contribution in [-0.4, -0.2) is 42.1 Å². The summed E-state index contributed by atoms with van der Waals surface area (Å²) in [6, 6.07) is 20.2. The number of hydrogen-bond acceptors (Lipinski definition) is 3. The summed E-state index contributed by atoms with van der Waals surface area (Å²) < 4.78 is 79.8. The zero-order chi connectivity index (χ0) is 30.5. The van der Waals surface area contributed by atoms with Crippen molar-refractivity contribution in [3.63, 3.8) is 0 Å². The highest BCUT2D eigenvalue weighted by atomic mass is 35.5. The number of piperidine rings is 1. The molecule has 0 aromatic heterocycles. The lowest BCUT2D eigenvalue weighted by Gasteiger charge is -2.49. The van der Waals surface area contributed by atoms with E-state index in [1.165, 1.54) is 24.3 Å². The molecule has 1 aliphatic carbocycles. The van der Waals surface area contributed by atoms with Gasteiger partial charge in [0, 0.05) is 30.2 Å². The Hall–Kier alpha value is -3.24. The van der Waals surface area contributed by atoms with E-state index in [0.717, 1.165) is 55.9 Å². The molecule has 1 saturated carbocycles. The first-order valence-corrected chi connectivity index (χ1v) is 14.6. The molecule has 3 aromatic carbocycles. The molecule has 1 amide bonds. The van der Waals surface area contributed by atoms with Crippen molar-refractivity contribution in [1.29, 1.82) is 0 Å². The van der Waals surface area contributed by atoms with Gasteiger partial charge in [-0.1, -0.05) is 42.5 Å². The number of amides is 1. The highest BCUT2D eigenvalue weighted by Crippen LogP contribution is 2.48. The second-order valence-corrected chi connectivity index (χ2v) is 12.0. The number of hydrogen-bond donors (Lipinski definition) is 1. The SMILES string of the molecule is Cl.O=C1NCN(c2ccccc2)C12CCN(C1CCC(c3ccc(C(F)(F)F)cc3)(c3ccc(C(F)(F)F)cc3)CC1)CC2. The smallest absolute Gasteiger partial charge is 0.339 e. The van der Waals surface area contributed by atoms with Crippen LogP contribution in [0.2, 0.25) is 0 Å². The van der Waals surface area contributed by atoms with Crippen LogP contribution in [0.15, 0.2) is 78.9 Å². The van der Waals surface area contributed by atoms with Gasteiger partial charge in [0.15, 0.2) is 0 Å². The van der Waals surface area contributed by atoms with Gasteiger partial charge in [0.1, 0.15) is 5.54 Å². The summed E-state index contributed by atoms with van der Waals surface area (Å²) in [5.41, 5.74) is -0.446. The fourth-order valence-electron chi connectivity index (χ4n) is 7.45. The van der Waals surface area contributed by atoms with E-state index >= 15 is 0 Å². The molecule has 11 heteroatoms. The third-order valence-electron chi connectivity index (χ3n) is 9.88. The molecule has 3 aliphatic rings. The van der Waals surface area contributed by atoms with E-state index in [2.05, 4.69) is 15.1 Å². The summed E-state index contributed by atoms with van der Waals surface area (Å²) in [6.07, 6.45) is -4.95. The van der Waals surface area contributed by atoms with Crippen LogP contribution in [0.3, 0.4) is 0 Å². The van der Waals surface area contributed by atoms with Gasteiger partial charge in [0.25, 0.3) is 0 Å². The molecule has 1 spiro atoms. The Balaban J connectivity index is 0.00000384. The molecule has 6 rings (SSSR count). The van der Waals surface area contributed by atoms with Gasteiger partial charge in [0.2, 0.25) is 5.91 Å². The minimum Gasteiger partial charge on any atom is -0.339 e. The van der Waals surface area contributed by atoms with Crippen LogP contribution in [0.25, 0.3) is 0 Å². The number of alkyl halides is 6. The maximum absolute atomic E-state index is 13.3. The minimum atomic E-state index is -4.48. The number of likely N-dealkylation sites (tertiary alicyclic amines) is 1. The largest absolute Gasteiger partial charge is 0.416 e. The van der Waals surface area contributed by atoms with E-state index in [4.69, 9.17) is 0 Å². The van der Waals surface area contributed by atoms with Gasteiger partial charge < -0.3 is 15.1 Å². The number of rotatable bonds is 4. The molecule has 0 radical (unpaired) electrons. The number of nitrogens with one attached hydrogen (secondary N) is 1. The van der Waals surface area contributed by atoms with Crippen LogP contribution >= 0.6 is 12.4 Å². The molecule has 4 nitrogen and oxygen atoms in total. The molecular formula is C33H34ClF6N3O. The zero-order valence-corrected chi connectivity index (χ0v) is 24.7. The first kappa shape index (κ1) is 32.2. The lowest BCUT2D eigenvalue weighted by atomic mass is 9.64. The monoisotopic (exact) mass is 637 g/mol. The highest BCUT2D eigenvalue weighted by molar-refractivity contribution is 5.93. The van der Waals surface area contributed by atoms with Crippen LogP contribution in [0.1, 0.15) is 60.8 Å². The van der Waals surface area contributed by atoms with Crippen molar-refractivity contribution in [3.8, 4) is 0 Å². The van der Waals surface area contributed by atoms with Crippen LogP contribution in [0.5, 0.6) is 0 Å². The molecule has 0 atom stereocenters. The number of nitrogens with zero attached hydrogens (tertiary/aromatic N) is 2. The highest BCUT2D eigenvalue weighted by Gasteiger charge is 2.51. The predicted molar refractivity (Wildman–Crippen MR) is 159 cm³/mol. The van der Waals surface area contributed by atoms with E-state index in [1.807, 2.05) is 30.3 Å². The number of para-hydroxylation sites is 1. The quantitative estimate of drug-likeness (QED) is 0.297. The Morgan fingerprint density at radius 3 is 1.61 bits per heavy atom. The number of halogens is 7. The Bertz CT molecular complexity index is 1370. The zero-order valence-electron chi connectivity index (χ0n) is 23.9. The minimum absolute atomic E-state index is 0. The number of anilines is 1. The Labute approximate surface area is 258 Å². The number of carbonyl (C=O) groups is 1. The van der Waals surface area contributed by atoms with Gasteiger partial charge in [0.05, 0.1) is 17.8 Å². The van der Waals surface area contributed by atoms with Gasteiger partial charge in [-0.3, -0.25) is 4.79 Å². The molecule has 2 saturated heterocycles. The lowest BCUT2D eigenvalue weighted by molar-refractivity contribution is -0.138. The fourth-order valence-corrected chi connectivity index (χ4v) is 7.45. The topological polar surface area (TPSA) is 35.6 Å². The van der Waals surface area contributed by atoms with Crippen molar-refractivity contribution in [2.24, 2.45) is 0 Å². The van der Waals surface area contributed by atoms with E-state index in [9.17, 15) is 31.1 Å². The molecule has 0 unspecified atom stereocenters. The molecule has 2 aliphatic heterocycles. The van der Waals surface area contributed by atoms with Gasteiger partial charge >= 0.3 is 12.4 Å². The van der Waals surface area contributed by atoms with Crippen molar-refractivity contribution in [2.75, 3.05) is 24.7 Å². The fraction of sp³-hybridized carbons (Fsp3) is 0.424. The summed E-state index contributed by atoms with van der Waals surface area (Å²) >= 11 is 0. The van der Waals surface area contributed by atoms with Crippen LogP contribution < -0.4 is 10.2 Å². The van der Waals surface area contributed by atoms with Crippen molar-refractivity contribution in [2.45, 2.75) is 67.9 Å². The van der Waals surface area contributed by atoms with Crippen LogP contribution in [-0.2, 0) is 22.6 Å². The predicted octanol–water partition coefficient (Wildman–Crippen LogP) is 7.80. The van der Waals surface area contributed by atoms with E-state index in [0.29, 0.717) is 43.5 Å². The molecular weight excluding hydrogens is 604 g/mol. The summed E-state index contributed by atoms with van der Waals surface area (Å²) in [5.74, 6) is 0.0447. The van der Waals surface area contributed by atoms with Gasteiger partial charge in [-0.05, 0) is 86.1 Å². The number of carbonyl (C=O) groups excluding carboxylic acids is 1. The first-order valence-electron chi connectivity index (χ1n) is 14.6. The third kappa shape index (κ3) is 5.78.